The molecule has 2 aromatic carbocycles. The maximum atomic E-state index is 15.2. The van der Waals surface area contributed by atoms with Gasteiger partial charge in [0.2, 0.25) is 17.8 Å². The molecule has 2 N–H and O–H groups in total. The molecule has 63 heavy (non-hydrogen) atoms. The van der Waals surface area contributed by atoms with Crippen molar-refractivity contribution < 1.29 is 23.5 Å². The number of aromatic nitrogens is 3. The van der Waals surface area contributed by atoms with E-state index in [1.54, 1.807) is 18.7 Å². The van der Waals surface area contributed by atoms with E-state index >= 15 is 4.39 Å². The predicted octanol–water partition coefficient (Wildman–Crippen LogP) is 6.17. The van der Waals surface area contributed by atoms with Gasteiger partial charge < -0.3 is 29.3 Å². The third kappa shape index (κ3) is 8.46. The van der Waals surface area contributed by atoms with E-state index in [2.05, 4.69) is 67.2 Å². The topological polar surface area (TPSA) is 130 Å². The van der Waals surface area contributed by atoms with Crippen LogP contribution in [0, 0.1) is 5.92 Å². The van der Waals surface area contributed by atoms with Crippen LogP contribution in [0.15, 0.2) is 54.9 Å². The highest BCUT2D eigenvalue weighted by Crippen LogP contribution is 2.42. The SMILES string of the molecule is C[C@@H]1Cc2c([nH]c3ccccc23)[C@@H](c2cnc(N3CCC(CCN4CCOC5(CC4)CCN(c4ccc6c(c4)CN(C4CCC(=O)NC4=O)C6=O)CC5)CC3)nc2)N1CC(C)(C)F. The number of para-hydroxylation sites is 1. The summed E-state index contributed by atoms with van der Waals surface area (Å²) in [6.07, 6.45) is 11.8. The first-order valence-electron chi connectivity index (χ1n) is 23.4. The van der Waals surface area contributed by atoms with Crippen LogP contribution in [0.3, 0.4) is 0 Å². The Bertz CT molecular complexity index is 2350. The number of aromatic amines is 1. The number of H-pyrrole nitrogens is 1. The first kappa shape index (κ1) is 42.1. The average molecular weight is 860 g/mol. The highest BCUT2D eigenvalue weighted by molar-refractivity contribution is 6.05. The van der Waals surface area contributed by atoms with Gasteiger partial charge in [0.05, 0.1) is 18.2 Å². The normalized spacial score (nSPS) is 25.1. The molecule has 8 heterocycles. The van der Waals surface area contributed by atoms with Crippen molar-refractivity contribution in [2.75, 3.05) is 68.8 Å². The minimum Gasteiger partial charge on any atom is -0.373 e. The highest BCUT2D eigenvalue weighted by Gasteiger charge is 2.42. The predicted molar refractivity (Wildman–Crippen MR) is 240 cm³/mol. The summed E-state index contributed by atoms with van der Waals surface area (Å²) >= 11 is 0. The molecule has 1 unspecified atom stereocenters. The number of carbonyl (C=O) groups is 3. The second kappa shape index (κ2) is 16.9. The molecule has 0 aliphatic carbocycles. The van der Waals surface area contributed by atoms with Crippen molar-refractivity contribution in [1.82, 2.24) is 35.0 Å². The summed E-state index contributed by atoms with van der Waals surface area (Å²) in [5.41, 5.74) is 5.81. The van der Waals surface area contributed by atoms with Gasteiger partial charge >= 0.3 is 0 Å². The summed E-state index contributed by atoms with van der Waals surface area (Å²) in [6, 6.07) is 13.9. The smallest absolute Gasteiger partial charge is 0.255 e. The monoisotopic (exact) mass is 859 g/mol. The molecule has 13 nitrogen and oxygen atoms in total. The molecular formula is C49H62FN9O4. The molecule has 1 spiro atoms. The van der Waals surface area contributed by atoms with Crippen LogP contribution in [-0.2, 0) is 27.3 Å². The first-order valence-corrected chi connectivity index (χ1v) is 23.4. The molecule has 3 atom stereocenters. The summed E-state index contributed by atoms with van der Waals surface area (Å²) in [4.78, 5) is 62.2. The number of halogens is 1. The van der Waals surface area contributed by atoms with Crippen LogP contribution in [0.1, 0.15) is 111 Å². The lowest BCUT2D eigenvalue weighted by Crippen LogP contribution is -2.52. The molecule has 4 saturated heterocycles. The highest BCUT2D eigenvalue weighted by atomic mass is 19.1. The van der Waals surface area contributed by atoms with Crippen LogP contribution in [-0.4, -0.2) is 130 Å². The number of benzene rings is 2. The second-order valence-electron chi connectivity index (χ2n) is 19.8. The van der Waals surface area contributed by atoms with E-state index in [-0.39, 0.29) is 41.8 Å². The zero-order valence-corrected chi connectivity index (χ0v) is 37.1. The minimum absolute atomic E-state index is 0.101. The van der Waals surface area contributed by atoms with Crippen molar-refractivity contribution in [2.24, 2.45) is 5.92 Å². The molecule has 0 saturated carbocycles. The van der Waals surface area contributed by atoms with Gasteiger partial charge in [-0.15, -0.1) is 0 Å². The van der Waals surface area contributed by atoms with Crippen LogP contribution in [0.5, 0.6) is 0 Å². The van der Waals surface area contributed by atoms with Gasteiger partial charge in [-0.3, -0.25) is 24.6 Å². The summed E-state index contributed by atoms with van der Waals surface area (Å²) in [7, 11) is 0. The zero-order valence-electron chi connectivity index (χ0n) is 37.1. The Morgan fingerprint density at radius 1 is 0.921 bits per heavy atom. The minimum atomic E-state index is -1.34. The molecule has 2 aromatic heterocycles. The third-order valence-corrected chi connectivity index (χ3v) is 15.0. The molecule has 4 fully saturated rings. The van der Waals surface area contributed by atoms with Gasteiger partial charge in [0, 0.05) is 111 Å². The Morgan fingerprint density at radius 2 is 1.68 bits per heavy atom. The fraction of sp³-hybridized carbons (Fsp3) is 0.571. The standard InChI is InChI=1S/C49H62FN9O4/c1-32-26-39-38-6-4-5-7-40(38)53-43(39)44(59(32)31-48(2,3)50)35-28-51-47(52-29-35)57-19-13-33(14-20-57)12-18-55-21-15-49(63-25-24-55)16-22-56(23-17-49)36-8-9-37-34(27-36)30-58(46(37)62)41-10-11-42(60)54-45(41)61/h4-9,27-29,32-33,41,44,53H,10-26,30-31H2,1-3H3,(H,54,60,61)/t32-,41?,44-/m1/s1. The summed E-state index contributed by atoms with van der Waals surface area (Å²) < 4.78 is 21.9. The van der Waals surface area contributed by atoms with E-state index in [0.29, 0.717) is 31.0 Å². The summed E-state index contributed by atoms with van der Waals surface area (Å²) in [5.74, 6) is 0.659. The molecule has 0 bridgehead atoms. The van der Waals surface area contributed by atoms with E-state index < -0.39 is 11.7 Å². The van der Waals surface area contributed by atoms with E-state index in [9.17, 15) is 14.4 Å². The molecule has 334 valence electrons. The van der Waals surface area contributed by atoms with Crippen molar-refractivity contribution in [1.29, 1.82) is 0 Å². The van der Waals surface area contributed by atoms with Gasteiger partial charge in [-0.05, 0) is 120 Å². The lowest BCUT2D eigenvalue weighted by molar-refractivity contribution is -0.136. The second-order valence-corrected chi connectivity index (χ2v) is 19.8. The van der Waals surface area contributed by atoms with Gasteiger partial charge in [0.25, 0.3) is 5.91 Å². The number of ether oxygens (including phenoxy) is 1. The number of anilines is 2. The number of fused-ring (bicyclic) bond motifs is 4. The van der Waals surface area contributed by atoms with Crippen LogP contribution in [0.2, 0.25) is 0 Å². The largest absolute Gasteiger partial charge is 0.373 e. The Morgan fingerprint density at radius 3 is 2.44 bits per heavy atom. The van der Waals surface area contributed by atoms with Crippen LogP contribution >= 0.6 is 0 Å². The van der Waals surface area contributed by atoms with Crippen LogP contribution in [0.4, 0.5) is 16.0 Å². The number of amides is 3. The lowest BCUT2D eigenvalue weighted by atomic mass is 9.87. The number of nitrogens with zero attached hydrogens (tertiary/aromatic N) is 7. The number of hydrogen-bond donors (Lipinski definition) is 2. The Hall–Kier alpha value is -4.92. The number of rotatable bonds is 9. The summed E-state index contributed by atoms with van der Waals surface area (Å²) in [5, 5.41) is 3.63. The van der Waals surface area contributed by atoms with Crippen molar-refractivity contribution >= 4 is 40.3 Å². The molecule has 0 radical (unpaired) electrons. The maximum Gasteiger partial charge on any atom is 0.255 e. The third-order valence-electron chi connectivity index (χ3n) is 15.0. The fourth-order valence-corrected chi connectivity index (χ4v) is 11.5. The Balaban J connectivity index is 0.698. The van der Waals surface area contributed by atoms with Crippen molar-refractivity contribution in [3.05, 3.63) is 82.8 Å². The fourth-order valence-electron chi connectivity index (χ4n) is 11.5. The van der Waals surface area contributed by atoms with Gasteiger partial charge in [-0.1, -0.05) is 18.2 Å². The van der Waals surface area contributed by atoms with Crippen LogP contribution < -0.4 is 15.1 Å². The molecule has 6 aliphatic rings. The Labute approximate surface area is 369 Å². The van der Waals surface area contributed by atoms with Crippen molar-refractivity contribution in [3.8, 4) is 0 Å². The molecule has 14 heteroatoms. The van der Waals surface area contributed by atoms with E-state index in [0.717, 1.165) is 125 Å². The molecule has 3 amide bonds. The van der Waals surface area contributed by atoms with Gasteiger partial charge in [-0.25, -0.2) is 14.4 Å². The molecular weight excluding hydrogens is 798 g/mol. The average Bonchev–Trinajstić information content (AvgIpc) is 3.73. The van der Waals surface area contributed by atoms with Gasteiger partial charge in [-0.2, -0.15) is 0 Å². The summed E-state index contributed by atoms with van der Waals surface area (Å²) in [6.45, 7) is 13.8. The van der Waals surface area contributed by atoms with E-state index in [4.69, 9.17) is 14.7 Å². The zero-order chi connectivity index (χ0) is 43.5. The molecule has 10 rings (SSSR count). The van der Waals surface area contributed by atoms with Gasteiger partial charge in [0.15, 0.2) is 0 Å². The number of imide groups is 1. The molecule has 4 aromatic rings. The maximum absolute atomic E-state index is 15.2. The van der Waals surface area contributed by atoms with Crippen LogP contribution in [0.25, 0.3) is 10.9 Å². The quantitative estimate of drug-likeness (QED) is 0.189. The number of alkyl halides is 1. The number of piperidine rings is 3. The number of nitrogens with one attached hydrogen (secondary N) is 2. The Kier molecular flexibility index (Phi) is 11.3. The molecule has 6 aliphatic heterocycles. The van der Waals surface area contributed by atoms with Crippen molar-refractivity contribution in [3.63, 3.8) is 0 Å². The number of carbonyl (C=O) groups excluding carboxylic acids is 3. The van der Waals surface area contributed by atoms with E-state index in [1.165, 1.54) is 17.4 Å². The van der Waals surface area contributed by atoms with Crippen molar-refractivity contribution in [2.45, 2.75) is 114 Å². The lowest BCUT2D eigenvalue weighted by Gasteiger charge is -2.42. The first-order chi connectivity index (χ1) is 30.4. The number of hydrogen-bond acceptors (Lipinski definition) is 10. The van der Waals surface area contributed by atoms with E-state index in [1.807, 2.05) is 24.5 Å². The van der Waals surface area contributed by atoms with Gasteiger partial charge in [0.1, 0.15) is 11.7 Å².